The number of rotatable bonds is 8. The van der Waals surface area contributed by atoms with Crippen molar-refractivity contribution in [2.24, 2.45) is 0 Å². The van der Waals surface area contributed by atoms with Crippen molar-refractivity contribution >= 4 is 27.9 Å². The smallest absolute Gasteiger partial charge is 0.291 e. The van der Waals surface area contributed by atoms with Gasteiger partial charge in [0.15, 0.2) is 5.76 Å². The molecule has 1 amide bonds. The van der Waals surface area contributed by atoms with E-state index in [1.807, 2.05) is 19.1 Å². The molecule has 2 aromatic carbocycles. The lowest BCUT2D eigenvalue weighted by Crippen LogP contribution is -2.48. The quantitative estimate of drug-likeness (QED) is 0.289. The lowest BCUT2D eigenvalue weighted by atomic mass is 9.94. The summed E-state index contributed by atoms with van der Waals surface area (Å²) in [6.45, 7) is 10.6. The van der Waals surface area contributed by atoms with Gasteiger partial charge in [-0.25, -0.2) is 0 Å². The van der Waals surface area contributed by atoms with E-state index in [4.69, 9.17) is 9.15 Å². The van der Waals surface area contributed by atoms with Crippen LogP contribution in [0.2, 0.25) is 0 Å². The highest BCUT2D eigenvalue weighted by molar-refractivity contribution is 7.16. The van der Waals surface area contributed by atoms with Gasteiger partial charge in [-0.3, -0.25) is 9.69 Å². The van der Waals surface area contributed by atoms with E-state index in [1.54, 1.807) is 23.5 Å². The molecule has 1 fully saturated rings. The summed E-state index contributed by atoms with van der Waals surface area (Å²) in [4.78, 5) is 19.1. The second-order valence-electron chi connectivity index (χ2n) is 9.22. The Morgan fingerprint density at radius 3 is 2.38 bits per heavy atom. The molecule has 6 nitrogen and oxygen atoms in total. The molecule has 1 aliphatic rings. The maximum atomic E-state index is 13.0. The topological polar surface area (TPSA) is 58.0 Å². The summed E-state index contributed by atoms with van der Waals surface area (Å²) in [7, 11) is 0. The first kappa shape index (κ1) is 25.1. The normalized spacial score (nSPS) is 14.9. The number of hydrogen-bond donors (Lipinski definition) is 1. The van der Waals surface area contributed by atoms with Crippen LogP contribution in [-0.2, 0) is 0 Å². The maximum absolute atomic E-state index is 13.0. The molecule has 0 unspecified atom stereocenters. The van der Waals surface area contributed by atoms with Gasteiger partial charge in [-0.05, 0) is 68.3 Å². The van der Waals surface area contributed by atoms with E-state index in [0.29, 0.717) is 12.4 Å². The Morgan fingerprint density at radius 1 is 1.00 bits per heavy atom. The summed E-state index contributed by atoms with van der Waals surface area (Å²) < 4.78 is 11.1. The number of carbonyl (C=O) groups excluding carboxylic acids is 1. The minimum atomic E-state index is -0.230. The summed E-state index contributed by atoms with van der Waals surface area (Å²) in [5, 5.41) is 4.03. The number of furan rings is 1. The highest BCUT2D eigenvalue weighted by Crippen LogP contribution is 2.43. The predicted octanol–water partition coefficient (Wildman–Crippen LogP) is 6.52. The minimum absolute atomic E-state index is 0.00505. The molecule has 0 aliphatic carbocycles. The van der Waals surface area contributed by atoms with E-state index in [2.05, 4.69) is 71.4 Å². The molecule has 1 N–H and O–H groups in total. The van der Waals surface area contributed by atoms with Gasteiger partial charge in [-0.1, -0.05) is 30.3 Å². The van der Waals surface area contributed by atoms with E-state index in [9.17, 15) is 4.79 Å². The Balaban J connectivity index is 1.49. The Morgan fingerprint density at radius 2 is 1.73 bits per heavy atom. The van der Waals surface area contributed by atoms with Gasteiger partial charge in [0.2, 0.25) is 0 Å². The van der Waals surface area contributed by atoms with E-state index in [-0.39, 0.29) is 11.9 Å². The van der Waals surface area contributed by atoms with Gasteiger partial charge in [0, 0.05) is 42.3 Å². The van der Waals surface area contributed by atoms with Crippen molar-refractivity contribution in [3.05, 3.63) is 100 Å². The number of nitrogens with zero attached hydrogens (tertiary/aromatic N) is 2. The van der Waals surface area contributed by atoms with Crippen molar-refractivity contribution in [3.63, 3.8) is 0 Å². The Labute approximate surface area is 222 Å². The zero-order chi connectivity index (χ0) is 25.8. The fourth-order valence-electron chi connectivity index (χ4n) is 4.99. The summed E-state index contributed by atoms with van der Waals surface area (Å²) in [5.41, 5.74) is 4.81. The van der Waals surface area contributed by atoms with E-state index in [0.717, 1.165) is 42.5 Å². The van der Waals surface area contributed by atoms with Crippen molar-refractivity contribution in [2.75, 3.05) is 43.0 Å². The molecule has 5 rings (SSSR count). The summed E-state index contributed by atoms with van der Waals surface area (Å²) >= 11 is 1.63. The van der Waals surface area contributed by atoms with Crippen LogP contribution in [0.3, 0.4) is 0 Å². The number of hydrogen-bond acceptors (Lipinski definition) is 6. The van der Waals surface area contributed by atoms with Crippen LogP contribution in [0.4, 0.5) is 10.7 Å². The van der Waals surface area contributed by atoms with Crippen molar-refractivity contribution in [1.29, 1.82) is 0 Å². The van der Waals surface area contributed by atoms with Crippen LogP contribution in [0, 0.1) is 13.8 Å². The fraction of sp³-hybridized carbons (Fsp3) is 0.300. The first-order valence-electron chi connectivity index (χ1n) is 12.8. The lowest BCUT2D eigenvalue weighted by molar-refractivity contribution is 0.0996. The number of piperazine rings is 1. The van der Waals surface area contributed by atoms with Crippen molar-refractivity contribution in [1.82, 2.24) is 4.90 Å². The number of carbonyl (C=O) groups is 1. The fourth-order valence-corrected chi connectivity index (χ4v) is 6.08. The predicted molar refractivity (Wildman–Crippen MR) is 150 cm³/mol. The molecule has 1 saturated heterocycles. The average Bonchev–Trinajstić information content (AvgIpc) is 3.56. The summed E-state index contributed by atoms with van der Waals surface area (Å²) in [6, 6.07) is 22.4. The van der Waals surface area contributed by atoms with E-state index < -0.39 is 0 Å². The number of para-hydroxylation sites is 1. The molecule has 7 heteroatoms. The van der Waals surface area contributed by atoms with Crippen LogP contribution < -0.4 is 15.0 Å². The van der Waals surface area contributed by atoms with Crippen LogP contribution in [0.25, 0.3) is 0 Å². The minimum Gasteiger partial charge on any atom is -0.494 e. The van der Waals surface area contributed by atoms with Crippen LogP contribution in [-0.4, -0.2) is 43.6 Å². The number of amides is 1. The van der Waals surface area contributed by atoms with Crippen LogP contribution in [0.15, 0.2) is 77.4 Å². The van der Waals surface area contributed by atoms with E-state index >= 15 is 0 Å². The molecule has 0 spiro atoms. The first-order chi connectivity index (χ1) is 18.0. The molecule has 4 aromatic rings. The molecule has 3 heterocycles. The molecule has 0 radical (unpaired) electrons. The van der Waals surface area contributed by atoms with E-state index in [1.165, 1.54) is 28.0 Å². The number of aryl methyl sites for hydroxylation is 1. The molecule has 37 heavy (non-hydrogen) atoms. The molecule has 0 bridgehead atoms. The van der Waals surface area contributed by atoms with Gasteiger partial charge in [0.05, 0.1) is 18.9 Å². The molecule has 1 aliphatic heterocycles. The standard InChI is InChI=1S/C30H33N3O3S/c1-4-35-25-14-12-23(13-15-25)28(33-18-16-32(17-19-33)24-9-6-5-7-10-24)27-21(2)22(3)37-30(27)31-29(34)26-11-8-20-36-26/h5-15,20,28H,4,16-19H2,1-3H3,(H,31,34)/t28-/m0/s1. The number of anilines is 2. The van der Waals surface area contributed by atoms with Gasteiger partial charge in [0.25, 0.3) is 5.91 Å². The molecular weight excluding hydrogens is 482 g/mol. The molecule has 192 valence electrons. The van der Waals surface area contributed by atoms with Crippen molar-refractivity contribution < 1.29 is 13.9 Å². The SMILES string of the molecule is CCOc1ccc([C@@H](c2c(NC(=O)c3ccco3)sc(C)c2C)N2CCN(c3ccccc3)CC2)cc1. The number of thiophene rings is 1. The Hall–Kier alpha value is -3.55. The summed E-state index contributed by atoms with van der Waals surface area (Å²) in [5.74, 6) is 0.944. The van der Waals surface area contributed by atoms with Gasteiger partial charge < -0.3 is 19.4 Å². The average molecular weight is 516 g/mol. The molecular formula is C30H33N3O3S. The van der Waals surface area contributed by atoms with Crippen molar-refractivity contribution in [3.8, 4) is 5.75 Å². The third kappa shape index (κ3) is 5.43. The highest BCUT2D eigenvalue weighted by Gasteiger charge is 2.32. The van der Waals surface area contributed by atoms with Gasteiger partial charge >= 0.3 is 0 Å². The van der Waals surface area contributed by atoms with Crippen LogP contribution in [0.5, 0.6) is 5.75 Å². The number of nitrogens with one attached hydrogen (secondary N) is 1. The van der Waals surface area contributed by atoms with Crippen LogP contribution >= 0.6 is 11.3 Å². The lowest BCUT2D eigenvalue weighted by Gasteiger charge is -2.41. The largest absolute Gasteiger partial charge is 0.494 e. The van der Waals surface area contributed by atoms with Gasteiger partial charge in [-0.15, -0.1) is 11.3 Å². The Kier molecular flexibility index (Phi) is 7.63. The molecule has 0 saturated carbocycles. The number of benzene rings is 2. The third-order valence-corrected chi connectivity index (χ3v) is 8.12. The highest BCUT2D eigenvalue weighted by atomic mass is 32.1. The zero-order valence-electron chi connectivity index (χ0n) is 21.6. The third-order valence-electron chi connectivity index (χ3n) is 6.98. The van der Waals surface area contributed by atoms with Gasteiger partial charge in [0.1, 0.15) is 10.8 Å². The first-order valence-corrected chi connectivity index (χ1v) is 13.6. The number of ether oxygens (including phenoxy) is 1. The monoisotopic (exact) mass is 515 g/mol. The van der Waals surface area contributed by atoms with Crippen LogP contribution in [0.1, 0.15) is 45.1 Å². The second kappa shape index (κ2) is 11.2. The molecule has 2 aromatic heterocycles. The van der Waals surface area contributed by atoms with Crippen molar-refractivity contribution in [2.45, 2.75) is 26.8 Å². The Bertz CT molecular complexity index is 1310. The summed E-state index contributed by atoms with van der Waals surface area (Å²) in [6.07, 6.45) is 1.52. The van der Waals surface area contributed by atoms with Gasteiger partial charge in [-0.2, -0.15) is 0 Å². The molecule has 1 atom stereocenters. The second-order valence-corrected chi connectivity index (χ2v) is 10.4. The zero-order valence-corrected chi connectivity index (χ0v) is 22.4. The maximum Gasteiger partial charge on any atom is 0.291 e.